The van der Waals surface area contributed by atoms with Crippen LogP contribution in [-0.4, -0.2) is 56.8 Å². The Labute approximate surface area is 146 Å². The number of esters is 1. The van der Waals surface area contributed by atoms with Gasteiger partial charge in [0.1, 0.15) is 13.2 Å². The lowest BCUT2D eigenvalue weighted by Crippen LogP contribution is -2.41. The van der Waals surface area contributed by atoms with Crippen LogP contribution >= 0.6 is 0 Å². The third kappa shape index (κ3) is 3.97. The Bertz CT molecular complexity index is 642. The number of benzene rings is 1. The molecule has 1 fully saturated rings. The largest absolute Gasteiger partial charge is 0.493 e. The minimum Gasteiger partial charge on any atom is -0.493 e. The van der Waals surface area contributed by atoms with Crippen LogP contribution in [0.1, 0.15) is 30.1 Å². The Hall–Kier alpha value is -2.44. The highest BCUT2D eigenvalue weighted by atomic mass is 16.6. The lowest BCUT2D eigenvalue weighted by Gasteiger charge is -2.30. The maximum absolute atomic E-state index is 12.3. The minimum atomic E-state index is -0.589. The average molecular weight is 349 g/mol. The van der Waals surface area contributed by atoms with Crippen molar-refractivity contribution < 1.29 is 28.5 Å². The van der Waals surface area contributed by atoms with Crippen molar-refractivity contribution in [2.75, 3.05) is 40.0 Å². The van der Waals surface area contributed by atoms with Crippen molar-refractivity contribution in [1.29, 1.82) is 0 Å². The number of hydrogen-bond donors (Lipinski definition) is 0. The van der Waals surface area contributed by atoms with Crippen LogP contribution in [0.3, 0.4) is 0 Å². The summed E-state index contributed by atoms with van der Waals surface area (Å²) in [4.78, 5) is 26.3. The molecule has 136 valence electrons. The van der Waals surface area contributed by atoms with Gasteiger partial charge < -0.3 is 23.8 Å². The van der Waals surface area contributed by atoms with Crippen molar-refractivity contribution in [1.82, 2.24) is 4.90 Å². The molecule has 0 radical (unpaired) electrons. The quantitative estimate of drug-likeness (QED) is 0.773. The van der Waals surface area contributed by atoms with Crippen LogP contribution in [0.4, 0.5) is 0 Å². The zero-order valence-corrected chi connectivity index (χ0v) is 14.6. The van der Waals surface area contributed by atoms with E-state index in [4.69, 9.17) is 18.9 Å². The molecule has 7 heteroatoms. The normalized spacial score (nSPS) is 19.3. The number of rotatable bonds is 4. The monoisotopic (exact) mass is 349 g/mol. The van der Waals surface area contributed by atoms with Gasteiger partial charge in [0.2, 0.25) is 5.75 Å². The number of likely N-dealkylation sites (tertiary alicyclic amines) is 1. The summed E-state index contributed by atoms with van der Waals surface area (Å²) in [6, 6.07) is 3.08. The second kappa shape index (κ2) is 7.63. The van der Waals surface area contributed by atoms with Crippen LogP contribution in [0.25, 0.3) is 0 Å². The fraction of sp³-hybridized carbons (Fsp3) is 0.556. The first-order valence-corrected chi connectivity index (χ1v) is 8.51. The molecule has 0 unspecified atom stereocenters. The summed E-state index contributed by atoms with van der Waals surface area (Å²) in [6.07, 6.45) is 2.11. The molecule has 7 nitrogen and oxygen atoms in total. The van der Waals surface area contributed by atoms with E-state index in [1.54, 1.807) is 11.0 Å². The maximum atomic E-state index is 12.3. The van der Waals surface area contributed by atoms with Crippen LogP contribution < -0.4 is 14.2 Å². The Kier molecular flexibility index (Phi) is 5.31. The number of piperidine rings is 1. The Balaban J connectivity index is 1.64. The molecule has 1 saturated heterocycles. The summed E-state index contributed by atoms with van der Waals surface area (Å²) in [5, 5.41) is 0. The Morgan fingerprint density at radius 1 is 1.28 bits per heavy atom. The van der Waals surface area contributed by atoms with E-state index in [9.17, 15) is 9.59 Å². The van der Waals surface area contributed by atoms with Gasteiger partial charge in [0, 0.05) is 13.1 Å². The van der Waals surface area contributed by atoms with Gasteiger partial charge in [-0.15, -0.1) is 0 Å². The third-order valence-corrected chi connectivity index (χ3v) is 4.40. The summed E-state index contributed by atoms with van der Waals surface area (Å²) in [7, 11) is 1.49. The van der Waals surface area contributed by atoms with E-state index in [-0.39, 0.29) is 18.1 Å². The fourth-order valence-corrected chi connectivity index (χ4v) is 3.11. The molecule has 0 aromatic heterocycles. The van der Waals surface area contributed by atoms with Crippen LogP contribution in [0.15, 0.2) is 12.1 Å². The number of carbonyl (C=O) groups is 2. The molecule has 2 aliphatic heterocycles. The van der Waals surface area contributed by atoms with E-state index in [1.807, 2.05) is 0 Å². The minimum absolute atomic E-state index is 0.163. The third-order valence-electron chi connectivity index (χ3n) is 4.40. The number of hydrogen-bond acceptors (Lipinski definition) is 6. The maximum Gasteiger partial charge on any atom is 0.338 e. The number of nitrogens with zero attached hydrogens (tertiary/aromatic N) is 1. The molecule has 0 N–H and O–H groups in total. The fourth-order valence-electron chi connectivity index (χ4n) is 3.11. The summed E-state index contributed by atoms with van der Waals surface area (Å²) in [5.74, 6) is 1.05. The van der Waals surface area contributed by atoms with E-state index >= 15 is 0 Å². The van der Waals surface area contributed by atoms with Crippen molar-refractivity contribution >= 4 is 11.9 Å². The summed E-state index contributed by atoms with van der Waals surface area (Å²) < 4.78 is 21.4. The van der Waals surface area contributed by atoms with Crippen LogP contribution in [-0.2, 0) is 9.53 Å². The number of methoxy groups -OCH3 is 1. The molecule has 1 aromatic carbocycles. The van der Waals surface area contributed by atoms with Crippen molar-refractivity contribution in [3.63, 3.8) is 0 Å². The van der Waals surface area contributed by atoms with Crippen molar-refractivity contribution in [2.45, 2.75) is 19.8 Å². The molecule has 2 aliphatic rings. The predicted octanol–water partition coefficient (Wildman–Crippen LogP) is 1.88. The van der Waals surface area contributed by atoms with E-state index in [2.05, 4.69) is 6.92 Å². The molecule has 1 amide bonds. The van der Waals surface area contributed by atoms with Gasteiger partial charge in [0.25, 0.3) is 5.91 Å². The molecule has 0 spiro atoms. The standard InChI is InChI=1S/C18H23NO6/c1-12-4-3-5-19(10-12)16(20)11-25-18(21)13-8-14(22-2)17-15(9-13)23-6-7-24-17/h8-9,12H,3-7,10-11H2,1-2H3/t12-/m0/s1. The van der Waals surface area contributed by atoms with Crippen molar-refractivity contribution in [3.05, 3.63) is 17.7 Å². The first-order chi connectivity index (χ1) is 12.1. The van der Waals surface area contributed by atoms with E-state index in [0.717, 1.165) is 19.4 Å². The van der Waals surface area contributed by atoms with E-state index < -0.39 is 5.97 Å². The van der Waals surface area contributed by atoms with Gasteiger partial charge in [-0.2, -0.15) is 0 Å². The Morgan fingerprint density at radius 2 is 2.08 bits per heavy atom. The van der Waals surface area contributed by atoms with E-state index in [1.165, 1.54) is 13.2 Å². The first-order valence-electron chi connectivity index (χ1n) is 8.51. The molecule has 2 heterocycles. The van der Waals surface area contributed by atoms with Crippen molar-refractivity contribution in [2.24, 2.45) is 5.92 Å². The number of fused-ring (bicyclic) bond motifs is 1. The van der Waals surface area contributed by atoms with Gasteiger partial charge in [-0.05, 0) is 30.9 Å². The lowest BCUT2D eigenvalue weighted by atomic mass is 10.0. The zero-order valence-electron chi connectivity index (χ0n) is 14.6. The number of ether oxygens (including phenoxy) is 4. The molecular formula is C18H23NO6. The molecule has 3 rings (SSSR count). The SMILES string of the molecule is COc1cc(C(=O)OCC(=O)N2CCC[C@H](C)C2)cc2c1OCCO2. The topological polar surface area (TPSA) is 74.3 Å². The van der Waals surface area contributed by atoms with Crippen molar-refractivity contribution in [3.8, 4) is 17.2 Å². The van der Waals surface area contributed by atoms with Gasteiger partial charge in [0.15, 0.2) is 18.1 Å². The first kappa shape index (κ1) is 17.4. The average Bonchev–Trinajstić information content (AvgIpc) is 2.64. The smallest absolute Gasteiger partial charge is 0.338 e. The zero-order chi connectivity index (χ0) is 17.8. The summed E-state index contributed by atoms with van der Waals surface area (Å²) in [6.45, 7) is 4.12. The highest BCUT2D eigenvalue weighted by molar-refractivity contribution is 5.92. The molecule has 0 saturated carbocycles. The van der Waals surface area contributed by atoms with Gasteiger partial charge in [-0.25, -0.2) is 4.79 Å². The number of carbonyl (C=O) groups excluding carboxylic acids is 2. The molecule has 0 bridgehead atoms. The highest BCUT2D eigenvalue weighted by Crippen LogP contribution is 2.40. The number of amides is 1. The van der Waals surface area contributed by atoms with E-state index in [0.29, 0.717) is 42.9 Å². The summed E-state index contributed by atoms with van der Waals surface area (Å²) in [5.41, 5.74) is 0.265. The predicted molar refractivity (Wildman–Crippen MR) is 89.2 cm³/mol. The van der Waals surface area contributed by atoms with Gasteiger partial charge in [-0.1, -0.05) is 6.92 Å². The van der Waals surface area contributed by atoms with Gasteiger partial charge >= 0.3 is 5.97 Å². The van der Waals surface area contributed by atoms with Crippen LogP contribution in [0.2, 0.25) is 0 Å². The second-order valence-electron chi connectivity index (χ2n) is 6.37. The van der Waals surface area contributed by atoms with Gasteiger partial charge in [0.05, 0.1) is 12.7 Å². The molecule has 1 atom stereocenters. The lowest BCUT2D eigenvalue weighted by molar-refractivity contribution is -0.136. The Morgan fingerprint density at radius 3 is 2.84 bits per heavy atom. The van der Waals surface area contributed by atoms with Crippen LogP contribution in [0.5, 0.6) is 17.2 Å². The van der Waals surface area contributed by atoms with Crippen LogP contribution in [0, 0.1) is 5.92 Å². The summed E-state index contributed by atoms with van der Waals surface area (Å²) >= 11 is 0. The second-order valence-corrected chi connectivity index (χ2v) is 6.37. The molecule has 0 aliphatic carbocycles. The highest BCUT2D eigenvalue weighted by Gasteiger charge is 2.24. The molecular weight excluding hydrogens is 326 g/mol. The molecule has 1 aromatic rings. The molecule has 25 heavy (non-hydrogen) atoms. The van der Waals surface area contributed by atoms with Gasteiger partial charge in [-0.3, -0.25) is 4.79 Å².